The summed E-state index contributed by atoms with van der Waals surface area (Å²) in [5.41, 5.74) is 6.15. The molecule has 0 saturated heterocycles. The van der Waals surface area contributed by atoms with Crippen LogP contribution in [0.2, 0.25) is 0 Å². The average Bonchev–Trinajstić information content (AvgIpc) is 3.00. The smallest absolute Gasteiger partial charge is 0.307 e. The van der Waals surface area contributed by atoms with Crippen molar-refractivity contribution in [3.63, 3.8) is 0 Å². The number of hydrogen-bond acceptors (Lipinski definition) is 2. The molecule has 0 bridgehead atoms. The molecule has 0 saturated carbocycles. The van der Waals surface area contributed by atoms with Crippen LogP contribution >= 0.6 is 0 Å². The number of carboxylic acid groups (broad SMARTS) is 1. The lowest BCUT2D eigenvalue weighted by Gasteiger charge is -2.09. The lowest BCUT2D eigenvalue weighted by Crippen LogP contribution is -1.97. The predicted octanol–water partition coefficient (Wildman–Crippen LogP) is 7.54. The van der Waals surface area contributed by atoms with Gasteiger partial charge in [-0.15, -0.1) is 0 Å². The van der Waals surface area contributed by atoms with Crippen LogP contribution < -0.4 is 4.74 Å². The van der Waals surface area contributed by atoms with Gasteiger partial charge in [0.15, 0.2) is 0 Å². The molecule has 3 nitrogen and oxygen atoms in total. The van der Waals surface area contributed by atoms with Crippen molar-refractivity contribution in [2.45, 2.75) is 33.1 Å². The Kier molecular flexibility index (Phi) is 5.95. The molecule has 0 spiro atoms. The number of ether oxygens (including phenoxy) is 1. The molecule has 1 N–H and O–H groups in total. The van der Waals surface area contributed by atoms with Crippen LogP contribution in [-0.4, -0.2) is 11.1 Å². The number of carboxylic acids is 1. The lowest BCUT2D eigenvalue weighted by atomic mass is 10.0. The highest BCUT2D eigenvalue weighted by atomic mass is 19.1. The minimum Gasteiger partial charge on any atom is -0.481 e. The molecule has 1 aliphatic carbocycles. The molecular weight excluding hydrogens is 403 g/mol. The van der Waals surface area contributed by atoms with Gasteiger partial charge in [0, 0.05) is 0 Å². The normalized spacial score (nSPS) is 14.2. The first-order valence-electron chi connectivity index (χ1n) is 10.6. The fourth-order valence-electron chi connectivity index (χ4n) is 3.99. The van der Waals surface area contributed by atoms with E-state index in [2.05, 4.69) is 26.0 Å². The van der Waals surface area contributed by atoms with Gasteiger partial charge in [-0.2, -0.15) is 0 Å². The maximum absolute atomic E-state index is 13.8. The number of carbonyl (C=O) groups is 1. The molecule has 3 aromatic rings. The second-order valence-corrected chi connectivity index (χ2v) is 8.32. The highest BCUT2D eigenvalue weighted by molar-refractivity contribution is 6.07. The zero-order chi connectivity index (χ0) is 22.8. The van der Waals surface area contributed by atoms with Gasteiger partial charge in [-0.05, 0) is 94.3 Å². The molecule has 0 aromatic heterocycles. The van der Waals surface area contributed by atoms with Crippen LogP contribution in [0, 0.1) is 5.82 Å². The summed E-state index contributed by atoms with van der Waals surface area (Å²) in [5.74, 6) is 0.686. The number of rotatable bonds is 6. The molecule has 0 amide bonds. The second-order valence-electron chi connectivity index (χ2n) is 8.32. The van der Waals surface area contributed by atoms with Gasteiger partial charge in [-0.25, -0.2) is 4.39 Å². The van der Waals surface area contributed by atoms with Gasteiger partial charge in [-0.1, -0.05) is 44.2 Å². The van der Waals surface area contributed by atoms with Crippen LogP contribution in [0.15, 0.2) is 72.3 Å². The summed E-state index contributed by atoms with van der Waals surface area (Å²) < 4.78 is 19.8. The topological polar surface area (TPSA) is 46.5 Å². The van der Waals surface area contributed by atoms with Crippen molar-refractivity contribution in [3.8, 4) is 11.5 Å². The summed E-state index contributed by atoms with van der Waals surface area (Å²) in [6.07, 6.45) is 1.87. The third-order valence-electron chi connectivity index (χ3n) is 5.76. The summed E-state index contributed by atoms with van der Waals surface area (Å²) in [7, 11) is 0. The van der Waals surface area contributed by atoms with Gasteiger partial charge in [0.1, 0.15) is 17.3 Å². The van der Waals surface area contributed by atoms with E-state index in [4.69, 9.17) is 4.74 Å². The fourth-order valence-corrected chi connectivity index (χ4v) is 3.99. The van der Waals surface area contributed by atoms with Gasteiger partial charge in [0.2, 0.25) is 0 Å². The van der Waals surface area contributed by atoms with E-state index in [0.29, 0.717) is 17.1 Å². The standard InChI is InChI=1S/C28H25FO3/c1-17(2)20-6-11-23(12-7-20)32-22-9-4-19(5-10-22)14-25-18(3)26(16-28(30)31)27-15-21(29)8-13-24(25)27/h4-15,17H,16H2,1-3H3,(H,30,31)/b25-14-. The van der Waals surface area contributed by atoms with E-state index in [9.17, 15) is 14.3 Å². The predicted molar refractivity (Wildman–Crippen MR) is 126 cm³/mol. The molecule has 4 heteroatoms. The Bertz CT molecular complexity index is 1220. The molecule has 0 heterocycles. The van der Waals surface area contributed by atoms with Gasteiger partial charge in [0.05, 0.1) is 6.42 Å². The summed E-state index contributed by atoms with van der Waals surface area (Å²) in [6.45, 7) is 6.20. The first-order chi connectivity index (χ1) is 15.3. The maximum Gasteiger partial charge on any atom is 0.307 e. The fraction of sp³-hybridized carbons (Fsp3) is 0.179. The molecule has 0 fully saturated rings. The zero-order valence-electron chi connectivity index (χ0n) is 18.4. The van der Waals surface area contributed by atoms with E-state index in [1.807, 2.05) is 49.4 Å². The van der Waals surface area contributed by atoms with Gasteiger partial charge in [-0.3, -0.25) is 4.79 Å². The van der Waals surface area contributed by atoms with E-state index in [1.165, 1.54) is 17.7 Å². The van der Waals surface area contributed by atoms with Crippen LogP contribution in [0.1, 0.15) is 55.4 Å². The number of halogens is 1. The number of fused-ring (bicyclic) bond motifs is 1. The van der Waals surface area contributed by atoms with E-state index in [-0.39, 0.29) is 12.2 Å². The molecule has 32 heavy (non-hydrogen) atoms. The highest BCUT2D eigenvalue weighted by Crippen LogP contribution is 2.43. The summed E-state index contributed by atoms with van der Waals surface area (Å²) in [6, 6.07) is 20.3. The average molecular weight is 429 g/mol. The van der Waals surface area contributed by atoms with E-state index < -0.39 is 5.97 Å². The minimum atomic E-state index is -0.932. The van der Waals surface area contributed by atoms with Crippen molar-refractivity contribution in [2.24, 2.45) is 0 Å². The quantitative estimate of drug-likeness (QED) is 0.441. The molecular formula is C28H25FO3. The molecule has 1 aliphatic rings. The Labute approximate surface area is 187 Å². The van der Waals surface area contributed by atoms with Crippen molar-refractivity contribution in [1.29, 1.82) is 0 Å². The number of hydrogen-bond donors (Lipinski definition) is 1. The van der Waals surface area contributed by atoms with Crippen molar-refractivity contribution in [3.05, 3.63) is 100 Å². The minimum absolute atomic E-state index is 0.137. The summed E-state index contributed by atoms with van der Waals surface area (Å²) in [5, 5.41) is 9.30. The van der Waals surface area contributed by atoms with Crippen molar-refractivity contribution >= 4 is 23.2 Å². The Hall–Kier alpha value is -3.66. The molecule has 162 valence electrons. The highest BCUT2D eigenvalue weighted by Gasteiger charge is 2.25. The van der Waals surface area contributed by atoms with E-state index in [0.717, 1.165) is 33.8 Å². The lowest BCUT2D eigenvalue weighted by molar-refractivity contribution is -0.135. The van der Waals surface area contributed by atoms with Crippen molar-refractivity contribution in [2.75, 3.05) is 0 Å². The monoisotopic (exact) mass is 428 g/mol. The third-order valence-corrected chi connectivity index (χ3v) is 5.76. The Morgan fingerprint density at radius 3 is 2.19 bits per heavy atom. The Balaban J connectivity index is 1.60. The third kappa shape index (κ3) is 4.50. The van der Waals surface area contributed by atoms with Crippen LogP contribution in [-0.2, 0) is 4.79 Å². The summed E-state index contributed by atoms with van der Waals surface area (Å²) >= 11 is 0. The summed E-state index contributed by atoms with van der Waals surface area (Å²) in [4.78, 5) is 11.3. The van der Waals surface area contributed by atoms with Gasteiger partial charge < -0.3 is 9.84 Å². The van der Waals surface area contributed by atoms with E-state index in [1.54, 1.807) is 6.07 Å². The number of benzene rings is 3. The Morgan fingerprint density at radius 2 is 1.59 bits per heavy atom. The first kappa shape index (κ1) is 21.6. The van der Waals surface area contributed by atoms with E-state index >= 15 is 0 Å². The number of aliphatic carboxylic acids is 1. The molecule has 0 radical (unpaired) electrons. The van der Waals surface area contributed by atoms with Gasteiger partial charge >= 0.3 is 5.97 Å². The molecule has 3 aromatic carbocycles. The maximum atomic E-state index is 13.8. The van der Waals surface area contributed by atoms with Crippen molar-refractivity contribution in [1.82, 2.24) is 0 Å². The molecule has 4 rings (SSSR count). The molecule has 0 unspecified atom stereocenters. The first-order valence-corrected chi connectivity index (χ1v) is 10.6. The van der Waals surface area contributed by atoms with Crippen LogP contribution in [0.3, 0.4) is 0 Å². The van der Waals surface area contributed by atoms with Crippen LogP contribution in [0.25, 0.3) is 17.2 Å². The number of allylic oxidation sites excluding steroid dienone is 2. The molecule has 0 atom stereocenters. The van der Waals surface area contributed by atoms with Gasteiger partial charge in [0.25, 0.3) is 0 Å². The largest absolute Gasteiger partial charge is 0.481 e. The Morgan fingerprint density at radius 1 is 0.969 bits per heavy atom. The zero-order valence-corrected chi connectivity index (χ0v) is 18.4. The SMILES string of the molecule is CC1=C(CC(=O)O)c2cc(F)ccc2/C1=C\c1ccc(Oc2ccc(C(C)C)cc2)cc1. The second kappa shape index (κ2) is 8.83. The van der Waals surface area contributed by atoms with Crippen LogP contribution in [0.5, 0.6) is 11.5 Å². The van der Waals surface area contributed by atoms with Crippen LogP contribution in [0.4, 0.5) is 4.39 Å². The van der Waals surface area contributed by atoms with Crippen molar-refractivity contribution < 1.29 is 19.0 Å². The molecule has 0 aliphatic heterocycles.